The van der Waals surface area contributed by atoms with Gasteiger partial charge in [0.25, 0.3) is 0 Å². The molecule has 0 bridgehead atoms. The van der Waals surface area contributed by atoms with E-state index in [1.54, 1.807) is 0 Å². The maximum absolute atomic E-state index is 12.3. The van der Waals surface area contributed by atoms with E-state index in [0.29, 0.717) is 24.3 Å². The van der Waals surface area contributed by atoms with Crippen molar-refractivity contribution < 1.29 is 4.79 Å². The van der Waals surface area contributed by atoms with Crippen LogP contribution in [0.4, 0.5) is 0 Å². The third-order valence-electron chi connectivity index (χ3n) is 2.75. The van der Waals surface area contributed by atoms with E-state index in [1.165, 1.54) is 0 Å². The lowest BCUT2D eigenvalue weighted by Gasteiger charge is -2.29. The molecule has 0 aromatic rings. The first-order valence-corrected chi connectivity index (χ1v) is 6.87. The number of hydrogen-bond donors (Lipinski definition) is 1. The predicted octanol–water partition coefficient (Wildman–Crippen LogP) is 2.50. The van der Waals surface area contributed by atoms with Crippen molar-refractivity contribution in [3.8, 4) is 0 Å². The molecule has 3 heteroatoms. The van der Waals surface area contributed by atoms with Crippen LogP contribution in [0.25, 0.3) is 0 Å². The lowest BCUT2D eigenvalue weighted by Crippen LogP contribution is -2.40. The van der Waals surface area contributed by atoms with Crippen molar-refractivity contribution >= 4 is 5.91 Å². The third kappa shape index (κ3) is 7.37. The molecule has 0 rings (SSSR count). The molecule has 0 radical (unpaired) electrons. The number of hydrogen-bond acceptors (Lipinski definition) is 2. The molecule has 0 heterocycles. The summed E-state index contributed by atoms with van der Waals surface area (Å²) in [6, 6.07) is 0. The van der Waals surface area contributed by atoms with E-state index in [4.69, 9.17) is 5.73 Å². The fourth-order valence-corrected chi connectivity index (χ4v) is 2.00. The molecule has 0 aliphatic heterocycles. The summed E-state index contributed by atoms with van der Waals surface area (Å²) in [6.45, 7) is 13.1. The monoisotopic (exact) mass is 242 g/mol. The zero-order chi connectivity index (χ0) is 13.4. The van der Waals surface area contributed by atoms with E-state index in [1.807, 2.05) is 11.8 Å². The summed E-state index contributed by atoms with van der Waals surface area (Å²) in [4.78, 5) is 14.3. The zero-order valence-corrected chi connectivity index (χ0v) is 12.2. The van der Waals surface area contributed by atoms with Crippen molar-refractivity contribution in [2.24, 2.45) is 23.5 Å². The highest BCUT2D eigenvalue weighted by Gasteiger charge is 2.21. The normalized spacial score (nSPS) is 13.2. The summed E-state index contributed by atoms with van der Waals surface area (Å²) in [5, 5.41) is 0. The van der Waals surface area contributed by atoms with Crippen LogP contribution in [0.2, 0.25) is 0 Å². The smallest absolute Gasteiger partial charge is 0.225 e. The first-order valence-electron chi connectivity index (χ1n) is 6.87. The lowest BCUT2D eigenvalue weighted by atomic mass is 10.0. The fraction of sp³-hybridized carbons (Fsp3) is 0.929. The Morgan fingerprint density at radius 2 is 1.53 bits per heavy atom. The Hall–Kier alpha value is -0.570. The van der Waals surface area contributed by atoms with Crippen molar-refractivity contribution in [1.29, 1.82) is 0 Å². The summed E-state index contributed by atoms with van der Waals surface area (Å²) in [7, 11) is 0. The highest BCUT2D eigenvalue weighted by Crippen LogP contribution is 2.13. The molecule has 1 amide bonds. The summed E-state index contributed by atoms with van der Waals surface area (Å²) < 4.78 is 0. The van der Waals surface area contributed by atoms with Crippen LogP contribution >= 0.6 is 0 Å². The molecule has 0 saturated heterocycles. The number of carbonyl (C=O) groups is 1. The molecule has 0 fully saturated rings. The first kappa shape index (κ1) is 16.4. The Morgan fingerprint density at radius 1 is 1.06 bits per heavy atom. The maximum Gasteiger partial charge on any atom is 0.225 e. The van der Waals surface area contributed by atoms with Gasteiger partial charge in [0.2, 0.25) is 5.91 Å². The molecule has 3 nitrogen and oxygen atoms in total. The minimum Gasteiger partial charge on any atom is -0.342 e. The van der Waals surface area contributed by atoms with Gasteiger partial charge in [-0.3, -0.25) is 4.79 Å². The summed E-state index contributed by atoms with van der Waals surface area (Å²) in [5.74, 6) is 1.45. The largest absolute Gasteiger partial charge is 0.342 e. The summed E-state index contributed by atoms with van der Waals surface area (Å²) >= 11 is 0. The Kier molecular flexibility index (Phi) is 8.23. The van der Waals surface area contributed by atoms with Crippen LogP contribution in [-0.2, 0) is 4.79 Å². The predicted molar refractivity (Wildman–Crippen MR) is 73.7 cm³/mol. The Labute approximate surface area is 107 Å². The quantitative estimate of drug-likeness (QED) is 0.711. The van der Waals surface area contributed by atoms with Gasteiger partial charge in [0.05, 0.1) is 0 Å². The SMILES string of the molecule is CC(C)CN(CC(C)C)C(=O)C(C)CCCN. The molecule has 0 spiro atoms. The van der Waals surface area contributed by atoms with Crippen LogP contribution < -0.4 is 5.73 Å². The number of amides is 1. The average Bonchev–Trinajstić information content (AvgIpc) is 2.22. The van der Waals surface area contributed by atoms with Crippen LogP contribution in [-0.4, -0.2) is 30.4 Å². The van der Waals surface area contributed by atoms with Crippen LogP contribution in [0.5, 0.6) is 0 Å². The summed E-state index contributed by atoms with van der Waals surface area (Å²) in [5.41, 5.74) is 5.49. The van der Waals surface area contributed by atoms with Crippen LogP contribution in [0.1, 0.15) is 47.5 Å². The molecule has 0 aromatic heterocycles. The van der Waals surface area contributed by atoms with Crippen molar-refractivity contribution in [3.63, 3.8) is 0 Å². The Balaban J connectivity index is 4.39. The van der Waals surface area contributed by atoms with Crippen molar-refractivity contribution in [1.82, 2.24) is 4.90 Å². The molecule has 2 N–H and O–H groups in total. The number of rotatable bonds is 8. The number of nitrogens with zero attached hydrogens (tertiary/aromatic N) is 1. The van der Waals surface area contributed by atoms with E-state index in [0.717, 1.165) is 25.9 Å². The Morgan fingerprint density at radius 3 is 1.88 bits per heavy atom. The molecule has 102 valence electrons. The molecule has 0 saturated carbocycles. The van der Waals surface area contributed by atoms with Gasteiger partial charge in [0.1, 0.15) is 0 Å². The molecule has 1 unspecified atom stereocenters. The molecular weight excluding hydrogens is 212 g/mol. The van der Waals surface area contributed by atoms with Crippen LogP contribution in [0.15, 0.2) is 0 Å². The van der Waals surface area contributed by atoms with Gasteiger partial charge in [-0.1, -0.05) is 34.6 Å². The average molecular weight is 242 g/mol. The van der Waals surface area contributed by atoms with Gasteiger partial charge in [-0.05, 0) is 31.2 Å². The molecular formula is C14H30N2O. The summed E-state index contributed by atoms with van der Waals surface area (Å²) in [6.07, 6.45) is 1.84. The third-order valence-corrected chi connectivity index (χ3v) is 2.75. The lowest BCUT2D eigenvalue weighted by molar-refractivity contribution is -0.136. The van der Waals surface area contributed by atoms with Gasteiger partial charge in [-0.25, -0.2) is 0 Å². The van der Waals surface area contributed by atoms with E-state index in [2.05, 4.69) is 27.7 Å². The second kappa shape index (κ2) is 8.51. The van der Waals surface area contributed by atoms with E-state index < -0.39 is 0 Å². The Bertz CT molecular complexity index is 204. The molecule has 17 heavy (non-hydrogen) atoms. The van der Waals surface area contributed by atoms with Crippen molar-refractivity contribution in [3.05, 3.63) is 0 Å². The van der Waals surface area contributed by atoms with E-state index in [-0.39, 0.29) is 5.92 Å². The molecule has 0 aromatic carbocycles. The van der Waals surface area contributed by atoms with Gasteiger partial charge in [-0.2, -0.15) is 0 Å². The minimum absolute atomic E-state index is 0.107. The van der Waals surface area contributed by atoms with Crippen molar-refractivity contribution in [2.45, 2.75) is 47.5 Å². The van der Waals surface area contributed by atoms with Crippen LogP contribution in [0.3, 0.4) is 0 Å². The molecule has 1 atom stereocenters. The second-order valence-electron chi connectivity index (χ2n) is 5.86. The van der Waals surface area contributed by atoms with Crippen LogP contribution in [0, 0.1) is 17.8 Å². The highest BCUT2D eigenvalue weighted by molar-refractivity contribution is 5.78. The maximum atomic E-state index is 12.3. The highest BCUT2D eigenvalue weighted by atomic mass is 16.2. The van der Waals surface area contributed by atoms with Crippen molar-refractivity contribution in [2.75, 3.05) is 19.6 Å². The zero-order valence-electron chi connectivity index (χ0n) is 12.2. The standard InChI is InChI=1S/C14H30N2O/c1-11(2)9-16(10-12(3)4)14(17)13(5)7-6-8-15/h11-13H,6-10,15H2,1-5H3. The topological polar surface area (TPSA) is 46.3 Å². The fourth-order valence-electron chi connectivity index (χ4n) is 2.00. The van der Waals surface area contributed by atoms with Gasteiger partial charge < -0.3 is 10.6 Å². The second-order valence-corrected chi connectivity index (χ2v) is 5.86. The van der Waals surface area contributed by atoms with Gasteiger partial charge in [0.15, 0.2) is 0 Å². The van der Waals surface area contributed by atoms with Gasteiger partial charge in [-0.15, -0.1) is 0 Å². The first-order chi connectivity index (χ1) is 7.88. The van der Waals surface area contributed by atoms with Gasteiger partial charge >= 0.3 is 0 Å². The van der Waals surface area contributed by atoms with E-state index in [9.17, 15) is 4.79 Å². The minimum atomic E-state index is 0.107. The number of nitrogens with two attached hydrogens (primary N) is 1. The molecule has 0 aliphatic rings. The molecule has 0 aliphatic carbocycles. The number of carbonyl (C=O) groups excluding carboxylic acids is 1. The van der Waals surface area contributed by atoms with E-state index >= 15 is 0 Å². The van der Waals surface area contributed by atoms with Gasteiger partial charge in [0, 0.05) is 19.0 Å².